The predicted molar refractivity (Wildman–Crippen MR) is 145 cm³/mol. The molecule has 0 saturated carbocycles. The second kappa shape index (κ2) is 9.41. The molecule has 188 valence electrons. The molecule has 5 rings (SSSR count). The average Bonchev–Trinajstić information content (AvgIpc) is 3.30. The number of ketones is 1. The third kappa shape index (κ3) is 4.02. The van der Waals surface area contributed by atoms with E-state index in [1.807, 2.05) is 12.1 Å². The molecule has 5 nitrogen and oxygen atoms in total. The van der Waals surface area contributed by atoms with Crippen molar-refractivity contribution in [3.63, 3.8) is 0 Å². The summed E-state index contributed by atoms with van der Waals surface area (Å²) in [6.45, 7) is 13.8. The van der Waals surface area contributed by atoms with Crippen molar-refractivity contribution in [3.05, 3.63) is 63.8 Å². The standard InChI is InChI=1S/C31H37N3O2/c1-6-19(3)18-36-22-10-12-34(13-11-22)27-16-25-24(15-21(27)7-2)29(35)28-23-9-8-20(17-32)14-26(23)33-30(28)31(25,4)5/h8-9,14-16,19,22,33H,6-7,10-13,18H2,1-5H3. The molecule has 1 saturated heterocycles. The van der Waals surface area contributed by atoms with E-state index < -0.39 is 0 Å². The SMILES string of the molecule is CCc1cc2c(cc1N1CCC(OCC(C)CC)CC1)C(C)(C)c1[nH]c3cc(C#N)ccc3c1C2=O. The lowest BCUT2D eigenvalue weighted by Gasteiger charge is -2.38. The maximum absolute atomic E-state index is 13.9. The molecule has 0 amide bonds. The van der Waals surface area contributed by atoms with E-state index in [1.165, 1.54) is 11.3 Å². The molecular weight excluding hydrogens is 446 g/mol. The Morgan fingerprint density at radius 3 is 2.61 bits per heavy atom. The van der Waals surface area contributed by atoms with Crippen LogP contribution < -0.4 is 4.90 Å². The molecule has 0 radical (unpaired) electrons. The van der Waals surface area contributed by atoms with E-state index in [1.54, 1.807) is 6.07 Å². The second-order valence-corrected chi connectivity index (χ2v) is 11.1. The first-order valence-electron chi connectivity index (χ1n) is 13.4. The van der Waals surface area contributed by atoms with Crippen LogP contribution in [0.5, 0.6) is 0 Å². The average molecular weight is 484 g/mol. The van der Waals surface area contributed by atoms with Gasteiger partial charge in [0, 0.05) is 53.0 Å². The van der Waals surface area contributed by atoms with Crippen LogP contribution in [0.25, 0.3) is 10.9 Å². The Balaban J connectivity index is 1.49. The molecule has 1 N–H and O–H groups in total. The molecule has 2 aromatic carbocycles. The Kier molecular flexibility index (Phi) is 6.43. The zero-order chi connectivity index (χ0) is 25.6. The number of aromatic nitrogens is 1. The fraction of sp³-hybridized carbons (Fsp3) is 0.484. The molecule has 1 unspecified atom stereocenters. The van der Waals surface area contributed by atoms with E-state index in [0.717, 1.165) is 78.7 Å². The van der Waals surface area contributed by atoms with Gasteiger partial charge in [-0.3, -0.25) is 4.79 Å². The Labute approximate surface area is 214 Å². The fourth-order valence-corrected chi connectivity index (χ4v) is 5.84. The van der Waals surface area contributed by atoms with Gasteiger partial charge in [-0.05, 0) is 60.6 Å². The summed E-state index contributed by atoms with van der Waals surface area (Å²) >= 11 is 0. The van der Waals surface area contributed by atoms with Crippen molar-refractivity contribution in [3.8, 4) is 6.07 Å². The molecule has 2 heterocycles. The number of H-pyrrole nitrogens is 1. The highest BCUT2D eigenvalue weighted by molar-refractivity contribution is 6.20. The Bertz CT molecular complexity index is 1350. The van der Waals surface area contributed by atoms with Crippen LogP contribution in [0.15, 0.2) is 30.3 Å². The number of hydrogen-bond donors (Lipinski definition) is 1. The number of aromatic amines is 1. The number of benzene rings is 2. The summed E-state index contributed by atoms with van der Waals surface area (Å²) in [5.41, 5.74) is 7.15. The third-order valence-corrected chi connectivity index (χ3v) is 8.39. The number of piperidine rings is 1. The molecular formula is C31H37N3O2. The lowest BCUT2D eigenvalue weighted by atomic mass is 9.70. The van der Waals surface area contributed by atoms with Gasteiger partial charge in [-0.1, -0.05) is 47.1 Å². The number of rotatable bonds is 6. The van der Waals surface area contributed by atoms with Gasteiger partial charge in [-0.15, -0.1) is 0 Å². The van der Waals surface area contributed by atoms with Gasteiger partial charge >= 0.3 is 0 Å². The number of carbonyl (C=O) groups is 1. The van der Waals surface area contributed by atoms with Crippen LogP contribution in [0, 0.1) is 17.2 Å². The predicted octanol–water partition coefficient (Wildman–Crippen LogP) is 6.50. The number of hydrogen-bond acceptors (Lipinski definition) is 4. The first-order valence-corrected chi connectivity index (χ1v) is 13.4. The number of nitrogens with one attached hydrogen (secondary N) is 1. The van der Waals surface area contributed by atoms with Crippen molar-refractivity contribution >= 4 is 22.4 Å². The van der Waals surface area contributed by atoms with E-state index >= 15 is 0 Å². The van der Waals surface area contributed by atoms with Crippen molar-refractivity contribution in [2.45, 2.75) is 71.8 Å². The first-order chi connectivity index (χ1) is 17.3. The maximum Gasteiger partial charge on any atom is 0.195 e. The van der Waals surface area contributed by atoms with E-state index in [2.05, 4.69) is 62.7 Å². The highest BCUT2D eigenvalue weighted by Crippen LogP contribution is 2.46. The number of aryl methyl sites for hydroxylation is 1. The van der Waals surface area contributed by atoms with Gasteiger partial charge in [-0.2, -0.15) is 5.26 Å². The maximum atomic E-state index is 13.9. The molecule has 3 aromatic rings. The van der Waals surface area contributed by atoms with E-state index in [0.29, 0.717) is 17.6 Å². The van der Waals surface area contributed by atoms with Crippen molar-refractivity contribution in [1.29, 1.82) is 5.26 Å². The Hall–Kier alpha value is -3.10. The normalized spacial score (nSPS) is 18.1. The summed E-state index contributed by atoms with van der Waals surface area (Å²) in [5, 5.41) is 10.2. The van der Waals surface area contributed by atoms with E-state index in [-0.39, 0.29) is 11.2 Å². The third-order valence-electron chi connectivity index (χ3n) is 8.39. The van der Waals surface area contributed by atoms with Gasteiger partial charge in [-0.25, -0.2) is 0 Å². The minimum absolute atomic E-state index is 0.0775. The van der Waals surface area contributed by atoms with E-state index in [4.69, 9.17) is 4.74 Å². The van der Waals surface area contributed by atoms with E-state index in [9.17, 15) is 10.1 Å². The highest BCUT2D eigenvalue weighted by atomic mass is 16.5. The monoisotopic (exact) mass is 483 g/mol. The quantitative estimate of drug-likeness (QED) is 0.434. The van der Waals surface area contributed by atoms with Crippen molar-refractivity contribution in [2.24, 2.45) is 5.92 Å². The summed E-state index contributed by atoms with van der Waals surface area (Å²) in [4.78, 5) is 19.9. The van der Waals surface area contributed by atoms with Crippen LogP contribution in [-0.4, -0.2) is 36.6 Å². The summed E-state index contributed by atoms with van der Waals surface area (Å²) < 4.78 is 6.20. The van der Waals surface area contributed by atoms with Crippen LogP contribution in [0.2, 0.25) is 0 Å². The van der Waals surface area contributed by atoms with Crippen molar-refractivity contribution < 1.29 is 9.53 Å². The molecule has 1 aromatic heterocycles. The molecule has 5 heteroatoms. The van der Waals surface area contributed by atoms with Crippen LogP contribution in [0.1, 0.15) is 92.2 Å². The Morgan fingerprint density at radius 1 is 1.19 bits per heavy atom. The number of fused-ring (bicyclic) bond motifs is 4. The number of carbonyl (C=O) groups excluding carboxylic acids is 1. The Morgan fingerprint density at radius 2 is 1.94 bits per heavy atom. The van der Waals surface area contributed by atoms with Crippen molar-refractivity contribution in [1.82, 2.24) is 4.98 Å². The lowest BCUT2D eigenvalue weighted by molar-refractivity contribution is 0.0178. The summed E-state index contributed by atoms with van der Waals surface area (Å²) in [7, 11) is 0. The molecule has 1 aliphatic carbocycles. The van der Waals surface area contributed by atoms with Gasteiger partial charge in [0.2, 0.25) is 0 Å². The van der Waals surface area contributed by atoms with Gasteiger partial charge in [0.05, 0.1) is 23.3 Å². The molecule has 0 spiro atoms. The van der Waals surface area contributed by atoms with Crippen LogP contribution in [0.3, 0.4) is 0 Å². The van der Waals surface area contributed by atoms with Gasteiger partial charge in [0.1, 0.15) is 0 Å². The van der Waals surface area contributed by atoms with Crippen LogP contribution in [0.4, 0.5) is 5.69 Å². The molecule has 1 aliphatic heterocycles. The molecule has 36 heavy (non-hydrogen) atoms. The number of ether oxygens (including phenoxy) is 1. The molecule has 1 atom stereocenters. The largest absolute Gasteiger partial charge is 0.378 e. The smallest absolute Gasteiger partial charge is 0.195 e. The van der Waals surface area contributed by atoms with Gasteiger partial charge in [0.25, 0.3) is 0 Å². The van der Waals surface area contributed by atoms with Gasteiger partial charge < -0.3 is 14.6 Å². The van der Waals surface area contributed by atoms with Crippen molar-refractivity contribution in [2.75, 3.05) is 24.6 Å². The zero-order valence-electron chi connectivity index (χ0n) is 22.2. The fourth-order valence-electron chi connectivity index (χ4n) is 5.84. The number of nitrogens with zero attached hydrogens (tertiary/aromatic N) is 2. The van der Waals surface area contributed by atoms with Crippen LogP contribution in [-0.2, 0) is 16.6 Å². The minimum atomic E-state index is -0.358. The zero-order valence-corrected chi connectivity index (χ0v) is 22.2. The summed E-state index contributed by atoms with van der Waals surface area (Å²) in [6.07, 6.45) is 4.44. The highest BCUT2D eigenvalue weighted by Gasteiger charge is 2.40. The summed E-state index contributed by atoms with van der Waals surface area (Å²) in [5.74, 6) is 0.685. The second-order valence-electron chi connectivity index (χ2n) is 11.1. The molecule has 2 aliphatic rings. The first kappa shape index (κ1) is 24.6. The summed E-state index contributed by atoms with van der Waals surface area (Å²) in [6, 6.07) is 12.2. The minimum Gasteiger partial charge on any atom is -0.378 e. The number of anilines is 1. The molecule has 1 fully saturated rings. The topological polar surface area (TPSA) is 69.1 Å². The number of nitriles is 1. The van der Waals surface area contributed by atoms with Crippen LogP contribution >= 0.6 is 0 Å². The molecule has 0 bridgehead atoms. The van der Waals surface area contributed by atoms with Gasteiger partial charge in [0.15, 0.2) is 5.78 Å². The lowest BCUT2D eigenvalue weighted by Crippen LogP contribution is -2.38.